The number of nitrogens with zero attached hydrogens (tertiary/aromatic N) is 2. The summed E-state index contributed by atoms with van der Waals surface area (Å²) in [6, 6.07) is 26.0. The molecule has 0 aliphatic rings. The Morgan fingerprint density at radius 3 is 2.47 bits per heavy atom. The molecule has 0 atom stereocenters. The molecule has 0 unspecified atom stereocenters. The Morgan fingerprint density at radius 2 is 1.63 bits per heavy atom. The number of benzene rings is 3. The molecule has 0 radical (unpaired) electrons. The number of nitrogens with one attached hydrogen (secondary N) is 2. The number of hydrogen-bond donors (Lipinski definition) is 2. The molecule has 5 rings (SSSR count). The number of pyridine rings is 1. The van der Waals surface area contributed by atoms with E-state index < -0.39 is 0 Å². The molecule has 146 valence electrons. The zero-order valence-corrected chi connectivity index (χ0v) is 16.5. The van der Waals surface area contributed by atoms with Crippen LogP contribution in [0.3, 0.4) is 0 Å². The van der Waals surface area contributed by atoms with Gasteiger partial charge in [0.1, 0.15) is 11.6 Å². The van der Waals surface area contributed by atoms with E-state index in [2.05, 4.69) is 15.5 Å². The summed E-state index contributed by atoms with van der Waals surface area (Å²) in [5, 5.41) is 11.7. The second-order valence-corrected chi connectivity index (χ2v) is 7.27. The zero-order chi connectivity index (χ0) is 20.5. The predicted molar refractivity (Wildman–Crippen MR) is 119 cm³/mol. The van der Waals surface area contributed by atoms with Gasteiger partial charge in [-0.2, -0.15) is 5.10 Å². The first-order valence-electron chi connectivity index (χ1n) is 9.40. The molecule has 0 amide bonds. The van der Waals surface area contributed by atoms with Crippen molar-refractivity contribution < 1.29 is 4.39 Å². The molecule has 0 spiro atoms. The summed E-state index contributed by atoms with van der Waals surface area (Å²) in [5.74, 6) is 0.769. The van der Waals surface area contributed by atoms with Crippen molar-refractivity contribution in [3.63, 3.8) is 0 Å². The molecule has 0 saturated heterocycles. The summed E-state index contributed by atoms with van der Waals surface area (Å²) in [4.78, 5) is 4.75. The number of halogens is 2. The molecular weight excluding hydrogens is 399 g/mol. The van der Waals surface area contributed by atoms with Gasteiger partial charge in [0.05, 0.1) is 11.2 Å². The summed E-state index contributed by atoms with van der Waals surface area (Å²) < 4.78 is 13.7. The molecule has 2 heterocycles. The van der Waals surface area contributed by atoms with Crippen molar-refractivity contribution in [3.05, 3.63) is 95.8 Å². The molecule has 3 aromatic carbocycles. The molecule has 6 heteroatoms. The Kier molecular flexibility index (Phi) is 4.65. The fourth-order valence-corrected chi connectivity index (χ4v) is 3.63. The van der Waals surface area contributed by atoms with E-state index in [1.807, 2.05) is 66.7 Å². The minimum absolute atomic E-state index is 0.324. The zero-order valence-electron chi connectivity index (χ0n) is 15.7. The quantitative estimate of drug-likeness (QED) is 0.339. The Balaban J connectivity index is 1.64. The summed E-state index contributed by atoms with van der Waals surface area (Å²) in [6.07, 6.45) is 0. The summed E-state index contributed by atoms with van der Waals surface area (Å²) in [7, 11) is 0. The van der Waals surface area contributed by atoms with Crippen LogP contribution in [0.1, 0.15) is 0 Å². The first-order chi connectivity index (χ1) is 14.7. The number of aromatic amines is 1. The average Bonchev–Trinajstić information content (AvgIpc) is 3.16. The third-order valence-corrected chi connectivity index (χ3v) is 5.18. The number of H-pyrrole nitrogens is 1. The topological polar surface area (TPSA) is 53.6 Å². The van der Waals surface area contributed by atoms with Crippen LogP contribution >= 0.6 is 11.6 Å². The van der Waals surface area contributed by atoms with Gasteiger partial charge in [-0.15, -0.1) is 0 Å². The second kappa shape index (κ2) is 7.61. The third kappa shape index (κ3) is 3.51. The lowest BCUT2D eigenvalue weighted by Gasteiger charge is -2.11. The average molecular weight is 415 g/mol. The smallest absolute Gasteiger partial charge is 0.161 e. The van der Waals surface area contributed by atoms with Gasteiger partial charge in [0.2, 0.25) is 0 Å². The van der Waals surface area contributed by atoms with Gasteiger partial charge in [-0.25, -0.2) is 9.37 Å². The van der Waals surface area contributed by atoms with Crippen LogP contribution in [0.5, 0.6) is 0 Å². The van der Waals surface area contributed by atoms with Crippen LogP contribution in [0.2, 0.25) is 5.02 Å². The van der Waals surface area contributed by atoms with Crippen molar-refractivity contribution in [1.82, 2.24) is 15.2 Å². The molecule has 0 fully saturated rings. The van der Waals surface area contributed by atoms with E-state index in [9.17, 15) is 4.39 Å². The second-order valence-electron chi connectivity index (χ2n) is 6.86. The molecular formula is C24H16ClFN4. The molecule has 2 aromatic heterocycles. The van der Waals surface area contributed by atoms with Crippen LogP contribution in [-0.4, -0.2) is 15.2 Å². The van der Waals surface area contributed by atoms with Crippen molar-refractivity contribution in [3.8, 4) is 22.4 Å². The van der Waals surface area contributed by atoms with E-state index in [-0.39, 0.29) is 5.82 Å². The van der Waals surface area contributed by atoms with Crippen molar-refractivity contribution in [2.45, 2.75) is 0 Å². The fraction of sp³-hybridized carbons (Fsp3) is 0. The number of anilines is 2. The van der Waals surface area contributed by atoms with Crippen LogP contribution in [0.25, 0.3) is 33.3 Å². The molecule has 5 aromatic rings. The monoisotopic (exact) mass is 414 g/mol. The highest BCUT2D eigenvalue weighted by Crippen LogP contribution is 2.33. The summed E-state index contributed by atoms with van der Waals surface area (Å²) in [5.41, 5.74) is 4.33. The lowest BCUT2D eigenvalue weighted by molar-refractivity contribution is 0.630. The first kappa shape index (κ1) is 18.3. The maximum atomic E-state index is 13.7. The van der Waals surface area contributed by atoms with Gasteiger partial charge in [0, 0.05) is 16.0 Å². The van der Waals surface area contributed by atoms with Gasteiger partial charge in [-0.05, 0) is 47.5 Å². The lowest BCUT2D eigenvalue weighted by atomic mass is 10.0. The maximum Gasteiger partial charge on any atom is 0.161 e. The first-order valence-corrected chi connectivity index (χ1v) is 9.78. The van der Waals surface area contributed by atoms with Crippen LogP contribution in [0.4, 0.5) is 16.0 Å². The van der Waals surface area contributed by atoms with E-state index >= 15 is 0 Å². The van der Waals surface area contributed by atoms with E-state index in [4.69, 9.17) is 16.6 Å². The number of fused-ring (bicyclic) bond motifs is 1. The van der Waals surface area contributed by atoms with Gasteiger partial charge >= 0.3 is 0 Å². The van der Waals surface area contributed by atoms with Crippen LogP contribution in [-0.2, 0) is 0 Å². The highest BCUT2D eigenvalue weighted by atomic mass is 35.5. The highest BCUT2D eigenvalue weighted by Gasteiger charge is 2.12. The Bertz CT molecular complexity index is 1350. The van der Waals surface area contributed by atoms with Gasteiger partial charge in [0.15, 0.2) is 5.82 Å². The molecule has 0 bridgehead atoms. The molecule has 2 N–H and O–H groups in total. The van der Waals surface area contributed by atoms with Crippen LogP contribution in [0, 0.1) is 5.82 Å². The minimum atomic E-state index is -0.324. The standard InChI is InChI=1S/C24H16ClFN4/c25-20-9-5-4-8-18(20)22-12-16(15-6-2-1-3-7-15)13-23(27-22)28-24-19-14-17(26)10-11-21(19)29-30-24/h1-14H,(H2,27,28,29,30). The van der Waals surface area contributed by atoms with Crippen LogP contribution < -0.4 is 5.32 Å². The fourth-order valence-electron chi connectivity index (χ4n) is 3.40. The van der Waals surface area contributed by atoms with E-state index in [0.29, 0.717) is 22.0 Å². The van der Waals surface area contributed by atoms with Crippen molar-refractivity contribution in [1.29, 1.82) is 0 Å². The van der Waals surface area contributed by atoms with Crippen LogP contribution in [0.15, 0.2) is 84.9 Å². The Labute approximate surface area is 177 Å². The van der Waals surface area contributed by atoms with Gasteiger partial charge in [-0.3, -0.25) is 5.10 Å². The number of hydrogen-bond acceptors (Lipinski definition) is 3. The summed E-state index contributed by atoms with van der Waals surface area (Å²) >= 11 is 6.43. The molecule has 0 aliphatic carbocycles. The number of aromatic nitrogens is 3. The number of rotatable bonds is 4. The lowest BCUT2D eigenvalue weighted by Crippen LogP contribution is -1.97. The van der Waals surface area contributed by atoms with Crippen molar-refractivity contribution >= 4 is 34.1 Å². The van der Waals surface area contributed by atoms with Crippen molar-refractivity contribution in [2.75, 3.05) is 5.32 Å². The molecule has 30 heavy (non-hydrogen) atoms. The Hall–Kier alpha value is -3.70. The Morgan fingerprint density at radius 1 is 0.833 bits per heavy atom. The van der Waals surface area contributed by atoms with Gasteiger partial charge < -0.3 is 5.32 Å². The maximum absolute atomic E-state index is 13.7. The summed E-state index contributed by atoms with van der Waals surface area (Å²) in [6.45, 7) is 0. The predicted octanol–water partition coefficient (Wildman–Crippen LogP) is 6.83. The third-order valence-electron chi connectivity index (χ3n) is 4.85. The minimum Gasteiger partial charge on any atom is -0.323 e. The normalized spacial score (nSPS) is 11.0. The van der Waals surface area contributed by atoms with E-state index in [0.717, 1.165) is 27.9 Å². The molecule has 0 aliphatic heterocycles. The largest absolute Gasteiger partial charge is 0.323 e. The van der Waals surface area contributed by atoms with Crippen molar-refractivity contribution in [2.24, 2.45) is 0 Å². The van der Waals surface area contributed by atoms with Gasteiger partial charge in [0.25, 0.3) is 0 Å². The molecule has 0 saturated carbocycles. The molecule has 4 nitrogen and oxygen atoms in total. The SMILES string of the molecule is Fc1ccc2[nH]nc(Nc3cc(-c4ccccc4)cc(-c4ccccc4Cl)n3)c2c1. The van der Waals surface area contributed by atoms with E-state index in [1.165, 1.54) is 12.1 Å². The highest BCUT2D eigenvalue weighted by molar-refractivity contribution is 6.33. The van der Waals surface area contributed by atoms with Gasteiger partial charge in [-0.1, -0.05) is 60.1 Å². The van der Waals surface area contributed by atoms with E-state index in [1.54, 1.807) is 6.07 Å².